The van der Waals surface area contributed by atoms with Gasteiger partial charge in [0, 0.05) is 12.4 Å². The van der Waals surface area contributed by atoms with Crippen LogP contribution in [0, 0.1) is 0 Å². The number of nitrogens with one attached hydrogen (secondary N) is 2. The number of nitrogens with zero attached hydrogens (tertiary/aromatic N) is 2. The fourth-order valence-corrected chi connectivity index (χ4v) is 3.28. The standard InChI is InChI=1S/C20H22N4O2S/c1-20(2,23-18(25)17-10-6-13-27-17)19(26)22-16(14-24-12-7-11-21-24)15-8-4-3-5-9-15/h3-13,16H,14H2,1-2H3,(H,22,26)(H,23,25). The van der Waals surface area contributed by atoms with Crippen molar-refractivity contribution in [1.29, 1.82) is 0 Å². The number of carbonyl (C=O) groups is 2. The summed E-state index contributed by atoms with van der Waals surface area (Å²) in [7, 11) is 0. The second kappa shape index (κ2) is 8.18. The Kier molecular flexibility index (Phi) is 5.71. The number of thiophene rings is 1. The monoisotopic (exact) mass is 382 g/mol. The first-order chi connectivity index (χ1) is 13.0. The van der Waals surface area contributed by atoms with Gasteiger partial charge in [0.05, 0.1) is 17.5 Å². The molecule has 1 unspecified atom stereocenters. The van der Waals surface area contributed by atoms with Gasteiger partial charge in [-0.3, -0.25) is 14.3 Å². The molecule has 3 rings (SSSR count). The minimum atomic E-state index is -1.06. The first kappa shape index (κ1) is 18.8. The summed E-state index contributed by atoms with van der Waals surface area (Å²) in [5.41, 5.74) is -0.0835. The molecule has 7 heteroatoms. The maximum Gasteiger partial charge on any atom is 0.262 e. The van der Waals surface area contributed by atoms with Crippen LogP contribution < -0.4 is 10.6 Å². The SMILES string of the molecule is CC(C)(NC(=O)c1cccs1)C(=O)NC(Cn1cccn1)c1ccccc1. The lowest BCUT2D eigenvalue weighted by Crippen LogP contribution is -2.55. The van der Waals surface area contributed by atoms with E-state index in [4.69, 9.17) is 0 Å². The molecule has 0 saturated carbocycles. The van der Waals surface area contributed by atoms with Crippen LogP contribution in [0.1, 0.15) is 35.1 Å². The molecule has 0 aliphatic rings. The summed E-state index contributed by atoms with van der Waals surface area (Å²) in [6, 6.07) is 14.8. The zero-order valence-electron chi connectivity index (χ0n) is 15.3. The van der Waals surface area contributed by atoms with E-state index >= 15 is 0 Å². The highest BCUT2D eigenvalue weighted by molar-refractivity contribution is 7.12. The average Bonchev–Trinajstić information content (AvgIpc) is 3.35. The predicted molar refractivity (Wildman–Crippen MR) is 105 cm³/mol. The highest BCUT2D eigenvalue weighted by Gasteiger charge is 2.32. The van der Waals surface area contributed by atoms with Gasteiger partial charge in [-0.25, -0.2) is 0 Å². The third-order valence-corrected chi connectivity index (χ3v) is 5.04. The maximum atomic E-state index is 12.9. The molecule has 27 heavy (non-hydrogen) atoms. The molecule has 0 aliphatic heterocycles. The molecule has 6 nitrogen and oxygen atoms in total. The lowest BCUT2D eigenvalue weighted by atomic mass is 10.0. The summed E-state index contributed by atoms with van der Waals surface area (Å²) < 4.78 is 1.77. The van der Waals surface area contributed by atoms with Crippen molar-refractivity contribution in [3.8, 4) is 0 Å². The Morgan fingerprint density at radius 2 is 1.93 bits per heavy atom. The predicted octanol–water partition coefficient (Wildman–Crippen LogP) is 3.01. The molecule has 2 heterocycles. The molecule has 0 spiro atoms. The van der Waals surface area contributed by atoms with E-state index in [-0.39, 0.29) is 17.9 Å². The summed E-state index contributed by atoms with van der Waals surface area (Å²) in [4.78, 5) is 25.8. The molecule has 0 aliphatic carbocycles. The van der Waals surface area contributed by atoms with Crippen molar-refractivity contribution in [2.24, 2.45) is 0 Å². The summed E-state index contributed by atoms with van der Waals surface area (Å²) in [5.74, 6) is -0.512. The molecule has 0 radical (unpaired) electrons. The van der Waals surface area contributed by atoms with Crippen LogP contribution in [0.15, 0.2) is 66.3 Å². The minimum Gasteiger partial charge on any atom is -0.345 e. The number of benzene rings is 1. The number of carbonyl (C=O) groups excluding carboxylic acids is 2. The van der Waals surface area contributed by atoms with Gasteiger partial charge in [-0.2, -0.15) is 5.10 Å². The van der Waals surface area contributed by atoms with Gasteiger partial charge < -0.3 is 10.6 Å². The van der Waals surface area contributed by atoms with Gasteiger partial charge in [-0.1, -0.05) is 36.4 Å². The Balaban J connectivity index is 1.73. The van der Waals surface area contributed by atoms with Crippen molar-refractivity contribution in [3.63, 3.8) is 0 Å². The third-order valence-electron chi connectivity index (χ3n) is 4.17. The molecular formula is C20H22N4O2S. The Bertz CT molecular complexity index is 874. The first-order valence-electron chi connectivity index (χ1n) is 8.65. The lowest BCUT2D eigenvalue weighted by molar-refractivity contribution is -0.127. The van der Waals surface area contributed by atoms with Crippen LogP contribution in [0.3, 0.4) is 0 Å². The molecule has 2 aromatic heterocycles. The summed E-state index contributed by atoms with van der Waals surface area (Å²) in [5, 5.41) is 11.9. The van der Waals surface area contributed by atoms with Crippen molar-refractivity contribution in [1.82, 2.24) is 20.4 Å². The van der Waals surface area contributed by atoms with E-state index in [2.05, 4.69) is 15.7 Å². The van der Waals surface area contributed by atoms with Crippen molar-refractivity contribution in [2.75, 3.05) is 0 Å². The van der Waals surface area contributed by atoms with Crippen LogP contribution in [-0.2, 0) is 11.3 Å². The van der Waals surface area contributed by atoms with E-state index in [0.29, 0.717) is 11.4 Å². The Morgan fingerprint density at radius 1 is 1.15 bits per heavy atom. The van der Waals surface area contributed by atoms with Crippen LogP contribution >= 0.6 is 11.3 Å². The van der Waals surface area contributed by atoms with E-state index in [9.17, 15) is 9.59 Å². The average molecular weight is 382 g/mol. The van der Waals surface area contributed by atoms with Gasteiger partial charge in [-0.05, 0) is 36.9 Å². The summed E-state index contributed by atoms with van der Waals surface area (Å²) in [6.45, 7) is 3.89. The number of hydrogen-bond acceptors (Lipinski definition) is 4. The normalized spacial score (nSPS) is 12.4. The summed E-state index contributed by atoms with van der Waals surface area (Å²) in [6.07, 6.45) is 3.56. The summed E-state index contributed by atoms with van der Waals surface area (Å²) >= 11 is 1.34. The quantitative estimate of drug-likeness (QED) is 0.659. The molecule has 0 fully saturated rings. The Morgan fingerprint density at radius 3 is 2.56 bits per heavy atom. The zero-order valence-corrected chi connectivity index (χ0v) is 16.1. The van der Waals surface area contributed by atoms with E-state index < -0.39 is 5.54 Å². The van der Waals surface area contributed by atoms with Gasteiger partial charge in [-0.15, -0.1) is 11.3 Å². The van der Waals surface area contributed by atoms with Crippen LogP contribution in [-0.4, -0.2) is 27.1 Å². The topological polar surface area (TPSA) is 76.0 Å². The van der Waals surface area contributed by atoms with Crippen LogP contribution in [0.25, 0.3) is 0 Å². The van der Waals surface area contributed by atoms with Gasteiger partial charge in [0.15, 0.2) is 0 Å². The van der Waals surface area contributed by atoms with Crippen LogP contribution in [0.5, 0.6) is 0 Å². The molecule has 1 atom stereocenters. The smallest absolute Gasteiger partial charge is 0.262 e. The Hall–Kier alpha value is -2.93. The number of hydrogen-bond donors (Lipinski definition) is 2. The van der Waals surface area contributed by atoms with Crippen molar-refractivity contribution in [2.45, 2.75) is 32.0 Å². The minimum absolute atomic E-state index is 0.256. The molecular weight excluding hydrogens is 360 g/mol. The maximum absolute atomic E-state index is 12.9. The van der Waals surface area contributed by atoms with E-state index in [0.717, 1.165) is 5.56 Å². The van der Waals surface area contributed by atoms with Gasteiger partial charge in [0.2, 0.25) is 5.91 Å². The van der Waals surface area contributed by atoms with E-state index in [1.807, 2.05) is 54.0 Å². The van der Waals surface area contributed by atoms with Crippen molar-refractivity contribution >= 4 is 23.2 Å². The number of amides is 2. The molecule has 1 aromatic carbocycles. The molecule has 2 amide bonds. The van der Waals surface area contributed by atoms with Crippen molar-refractivity contribution in [3.05, 3.63) is 76.7 Å². The van der Waals surface area contributed by atoms with E-state index in [1.54, 1.807) is 30.8 Å². The Labute approximate surface area is 162 Å². The van der Waals surface area contributed by atoms with Crippen LogP contribution in [0.2, 0.25) is 0 Å². The van der Waals surface area contributed by atoms with Crippen LogP contribution in [0.4, 0.5) is 0 Å². The third kappa shape index (κ3) is 4.83. The molecule has 0 bridgehead atoms. The van der Waals surface area contributed by atoms with E-state index in [1.165, 1.54) is 11.3 Å². The van der Waals surface area contributed by atoms with Gasteiger partial charge >= 0.3 is 0 Å². The number of aromatic nitrogens is 2. The second-order valence-corrected chi connectivity index (χ2v) is 7.67. The molecule has 0 saturated heterocycles. The zero-order chi connectivity index (χ0) is 19.3. The van der Waals surface area contributed by atoms with Gasteiger partial charge in [0.25, 0.3) is 5.91 Å². The highest BCUT2D eigenvalue weighted by Crippen LogP contribution is 2.17. The largest absolute Gasteiger partial charge is 0.345 e. The lowest BCUT2D eigenvalue weighted by Gasteiger charge is -2.28. The fraction of sp³-hybridized carbons (Fsp3) is 0.250. The van der Waals surface area contributed by atoms with Crippen molar-refractivity contribution < 1.29 is 9.59 Å². The first-order valence-corrected chi connectivity index (χ1v) is 9.53. The second-order valence-electron chi connectivity index (χ2n) is 6.72. The highest BCUT2D eigenvalue weighted by atomic mass is 32.1. The fourth-order valence-electron chi connectivity index (χ4n) is 2.66. The molecule has 2 N–H and O–H groups in total. The molecule has 140 valence electrons. The number of rotatable bonds is 7. The molecule has 3 aromatic rings. The van der Waals surface area contributed by atoms with Gasteiger partial charge in [0.1, 0.15) is 5.54 Å².